The number of para-hydroxylation sites is 4. The van der Waals surface area contributed by atoms with Gasteiger partial charge in [0.05, 0.1) is 0 Å². The van der Waals surface area contributed by atoms with E-state index in [0.717, 1.165) is 67.4 Å². The van der Waals surface area contributed by atoms with Gasteiger partial charge in [-0.25, -0.2) is 4.98 Å². The second-order valence-electron chi connectivity index (χ2n) is 24.1. The van der Waals surface area contributed by atoms with Gasteiger partial charge < -0.3 is 0 Å². The molecule has 1 atom stereocenters. The molecule has 0 fully saturated rings. The molecule has 3 heterocycles. The fraction of sp³-hybridized carbons (Fsp3) is 0.239. The minimum absolute atomic E-state index is 0.0317. The molecular formula is C71H68N4OPt. The topological polar surface area (TPSA) is 36.9 Å². The molecule has 3 aromatic heterocycles. The molecular weight excluding hydrogens is 1120 g/mol. The summed E-state index contributed by atoms with van der Waals surface area (Å²) >= 11 is 2.60. The van der Waals surface area contributed by atoms with Gasteiger partial charge >= 0.3 is 347 Å². The fourth-order valence-electron chi connectivity index (χ4n) is 11.6. The van der Waals surface area contributed by atoms with Gasteiger partial charge in [0, 0.05) is 15.9 Å². The monoisotopic (exact) mass is 1190 g/mol. The molecule has 1 unspecified atom stereocenters. The summed E-state index contributed by atoms with van der Waals surface area (Å²) in [7, 11) is 0. The molecule has 11 aromatic rings. The molecule has 388 valence electrons. The first-order valence-corrected chi connectivity index (χ1v) is 28.2. The predicted molar refractivity (Wildman–Crippen MR) is 318 cm³/mol. The van der Waals surface area contributed by atoms with E-state index in [-0.39, 0.29) is 27.9 Å². The molecule has 0 spiro atoms. The third-order valence-corrected chi connectivity index (χ3v) is 16.9. The molecule has 8 aromatic carbocycles. The van der Waals surface area contributed by atoms with Crippen molar-refractivity contribution in [2.75, 3.05) is 0 Å². The van der Waals surface area contributed by atoms with Gasteiger partial charge in [-0.3, -0.25) is 0 Å². The molecule has 77 heavy (non-hydrogen) atoms. The molecule has 1 aliphatic rings. The van der Waals surface area contributed by atoms with Crippen molar-refractivity contribution in [2.45, 2.75) is 111 Å². The van der Waals surface area contributed by atoms with Crippen molar-refractivity contribution in [1.29, 1.82) is 0 Å². The quantitative estimate of drug-likeness (QED) is 0.152. The Hall–Kier alpha value is -7.33. The SMILES string of the molecule is [2H]C([2H])([2H])c1cc(-n2c3ccccc3c3ccc(Oc4ccc5c(c4)C(n4[c](=[Pt])n(-c6c(-c7ccccc7)cccc6-c6cc(C(C)(C)C)cc(C(C)(C)C)c6)c6ccccc64)CCC5)cc32)ncc1-c1ccc(C(C)(C)C)cc1. The minimum Gasteiger partial charge on any atom is -0.238 e. The van der Waals surface area contributed by atoms with Crippen LogP contribution in [0.1, 0.15) is 119 Å². The van der Waals surface area contributed by atoms with Gasteiger partial charge in [0.25, 0.3) is 0 Å². The van der Waals surface area contributed by atoms with Crippen molar-refractivity contribution in [3.63, 3.8) is 0 Å². The Morgan fingerprint density at radius 1 is 0.519 bits per heavy atom. The summed E-state index contributed by atoms with van der Waals surface area (Å²) in [5.41, 5.74) is 18.0. The van der Waals surface area contributed by atoms with Crippen molar-refractivity contribution < 1.29 is 28.2 Å². The van der Waals surface area contributed by atoms with Crippen molar-refractivity contribution in [3.8, 4) is 56.4 Å². The minimum atomic E-state index is -2.39. The van der Waals surface area contributed by atoms with Gasteiger partial charge in [-0.05, 0) is 41.1 Å². The maximum Gasteiger partial charge on any atom is 0.0374 e. The summed E-state index contributed by atoms with van der Waals surface area (Å²) < 4.78 is 41.5. The number of nitrogens with zero attached hydrogens (tertiary/aromatic N) is 4. The second-order valence-corrected chi connectivity index (χ2v) is 25.1. The Labute approximate surface area is 469 Å². The standard InChI is InChI=1S/C71H68N4O.Pt/c1-46-38-67(72-44-61(46)49-30-33-51(34-31-49)69(2,3)4)75-63-26-15-14-23-58(63)59-37-36-55(43-66(59)75)76-54-35-32-48-22-18-29-62(60(48)42-54)73-45-74(65-28-17-16-27-64(65)73)68-56(47-20-12-11-13-21-47)24-19-25-57(68)50-39-52(70(5,6)7)41-53(40-50)71(8,9)10;/h11-17,19-21,23-28,30-44,62H,18,22,29H2,1-10H3;/i1D3;. The van der Waals surface area contributed by atoms with Crippen LogP contribution in [0.25, 0.3) is 77.7 Å². The maximum absolute atomic E-state index is 8.74. The van der Waals surface area contributed by atoms with Crippen molar-refractivity contribution >= 4 is 32.8 Å². The molecule has 1 aliphatic carbocycles. The smallest absolute Gasteiger partial charge is 0.0374 e. The Morgan fingerprint density at radius 3 is 1.83 bits per heavy atom. The maximum atomic E-state index is 8.74. The third kappa shape index (κ3) is 9.25. The van der Waals surface area contributed by atoms with E-state index in [4.69, 9.17) is 13.8 Å². The number of fused-ring (bicyclic) bond motifs is 5. The van der Waals surface area contributed by atoms with Crippen molar-refractivity contribution in [2.24, 2.45) is 0 Å². The second kappa shape index (κ2) is 19.3. The average Bonchev–Trinajstić information content (AvgIpc) is 3.55. The summed E-state index contributed by atoms with van der Waals surface area (Å²) in [6.45, 7) is 18.0. The predicted octanol–water partition coefficient (Wildman–Crippen LogP) is 18.9. The van der Waals surface area contributed by atoms with Gasteiger partial charge in [-0.1, -0.05) is 63.2 Å². The van der Waals surface area contributed by atoms with Gasteiger partial charge in [-0.2, -0.15) is 0 Å². The molecule has 0 aliphatic heterocycles. The van der Waals surface area contributed by atoms with Gasteiger partial charge in [0.15, 0.2) is 0 Å². The molecule has 0 radical (unpaired) electrons. The van der Waals surface area contributed by atoms with E-state index in [2.05, 4.69) is 241 Å². The van der Waals surface area contributed by atoms with Crippen LogP contribution in [0.4, 0.5) is 0 Å². The van der Waals surface area contributed by atoms with E-state index in [9.17, 15) is 0 Å². The number of hydrogen-bond acceptors (Lipinski definition) is 2. The first-order valence-electron chi connectivity index (χ1n) is 28.6. The zero-order valence-electron chi connectivity index (χ0n) is 48.6. The largest absolute Gasteiger partial charge is 0.238 e. The van der Waals surface area contributed by atoms with E-state index in [1.807, 2.05) is 30.3 Å². The van der Waals surface area contributed by atoms with Gasteiger partial charge in [0.2, 0.25) is 0 Å². The Morgan fingerprint density at radius 2 is 1.13 bits per heavy atom. The van der Waals surface area contributed by atoms with Crippen LogP contribution >= 0.6 is 0 Å². The summed E-state index contributed by atoms with van der Waals surface area (Å²) in [5.74, 6) is 1.96. The molecule has 5 nitrogen and oxygen atoms in total. The van der Waals surface area contributed by atoms with Crippen LogP contribution in [-0.4, -0.2) is 18.7 Å². The van der Waals surface area contributed by atoms with Crippen LogP contribution in [0.15, 0.2) is 188 Å². The zero-order valence-corrected chi connectivity index (χ0v) is 47.9. The molecule has 0 N–H and O–H groups in total. The number of aromatic nitrogens is 4. The zero-order chi connectivity index (χ0) is 56.0. The van der Waals surface area contributed by atoms with Gasteiger partial charge in [0.1, 0.15) is 0 Å². The number of imidazole rings is 1. The molecule has 6 heteroatoms. The van der Waals surface area contributed by atoms with Crippen molar-refractivity contribution in [3.05, 3.63) is 225 Å². The Balaban J connectivity index is 0.969. The first kappa shape index (κ1) is 46.9. The van der Waals surface area contributed by atoms with Crippen LogP contribution in [0, 0.1) is 10.7 Å². The van der Waals surface area contributed by atoms with Crippen LogP contribution in [0.2, 0.25) is 0 Å². The van der Waals surface area contributed by atoms with Crippen molar-refractivity contribution in [1.82, 2.24) is 18.7 Å². The molecule has 0 bridgehead atoms. The summed E-state index contributed by atoms with van der Waals surface area (Å²) in [4.78, 5) is 5.02. The first-order chi connectivity index (χ1) is 38.1. The van der Waals surface area contributed by atoms with E-state index in [1.54, 1.807) is 12.3 Å². The van der Waals surface area contributed by atoms with E-state index in [0.29, 0.717) is 17.1 Å². The molecule has 0 amide bonds. The van der Waals surface area contributed by atoms with E-state index >= 15 is 0 Å². The molecule has 12 rings (SSSR count). The number of rotatable bonds is 8. The van der Waals surface area contributed by atoms with Crippen LogP contribution in [0.3, 0.4) is 0 Å². The number of hydrogen-bond donors (Lipinski definition) is 0. The fourth-order valence-corrected chi connectivity index (χ4v) is 12.7. The molecule has 0 saturated heterocycles. The van der Waals surface area contributed by atoms with Crippen LogP contribution in [-0.2, 0) is 42.0 Å². The van der Waals surface area contributed by atoms with Crippen LogP contribution in [0.5, 0.6) is 11.5 Å². The summed E-state index contributed by atoms with van der Waals surface area (Å²) in [6.07, 6.45) is 4.74. The number of aryl methyl sites for hydroxylation is 2. The number of pyridine rings is 1. The number of ether oxygens (including phenoxy) is 1. The van der Waals surface area contributed by atoms with Crippen LogP contribution < -0.4 is 4.74 Å². The van der Waals surface area contributed by atoms with E-state index in [1.165, 1.54) is 55.6 Å². The van der Waals surface area contributed by atoms with Gasteiger partial charge in [-0.15, -0.1) is 0 Å². The summed E-state index contributed by atoms with van der Waals surface area (Å²) in [5, 5.41) is 2.07. The normalized spacial score (nSPS) is 14.9. The summed E-state index contributed by atoms with van der Waals surface area (Å²) in [6, 6.07) is 64.9. The Kier molecular flexibility index (Phi) is 11.8. The third-order valence-electron chi connectivity index (χ3n) is 15.8. The number of benzene rings is 8. The Bertz CT molecular complexity index is 4220. The van der Waals surface area contributed by atoms with E-state index < -0.39 is 6.85 Å². The molecule has 0 saturated carbocycles. The average molecular weight is 1190 g/mol.